The Bertz CT molecular complexity index is 418. The quantitative estimate of drug-likeness (QED) is 0.417. The zero-order valence-electron chi connectivity index (χ0n) is 13.6. The van der Waals surface area contributed by atoms with E-state index in [0.29, 0.717) is 0 Å². The van der Waals surface area contributed by atoms with Crippen molar-refractivity contribution in [1.29, 1.82) is 0 Å². The Morgan fingerprint density at radius 2 is 2.10 bits per heavy atom. The molecule has 0 aromatic heterocycles. The highest BCUT2D eigenvalue weighted by molar-refractivity contribution is 5.79. The van der Waals surface area contributed by atoms with Gasteiger partial charge in [-0.1, -0.05) is 29.8 Å². The molecule has 0 saturated heterocycles. The topological polar surface area (TPSA) is 45.7 Å². The summed E-state index contributed by atoms with van der Waals surface area (Å²) in [5.74, 6) is 0.890. The van der Waals surface area contributed by atoms with Crippen LogP contribution in [0, 0.1) is 6.92 Å². The second-order valence-electron chi connectivity index (χ2n) is 4.98. The first-order valence-electron chi connectivity index (χ1n) is 7.91. The number of nitrogens with one attached hydrogen (secondary N) is 2. The molecular formula is C17H29N3O. The van der Waals surface area contributed by atoms with Crippen molar-refractivity contribution in [3.8, 4) is 0 Å². The van der Waals surface area contributed by atoms with Gasteiger partial charge in [0.2, 0.25) is 0 Å². The lowest BCUT2D eigenvalue weighted by atomic mass is 10.1. The van der Waals surface area contributed by atoms with Crippen LogP contribution in [-0.4, -0.2) is 38.8 Å². The summed E-state index contributed by atoms with van der Waals surface area (Å²) in [6.07, 6.45) is 1.97. The Hall–Kier alpha value is -1.55. The summed E-state index contributed by atoms with van der Waals surface area (Å²) in [5, 5.41) is 6.65. The number of rotatable bonds is 9. The van der Waals surface area contributed by atoms with Crippen LogP contribution in [0.1, 0.15) is 31.4 Å². The van der Waals surface area contributed by atoms with Crippen molar-refractivity contribution in [2.45, 2.75) is 33.6 Å². The van der Waals surface area contributed by atoms with Gasteiger partial charge in [0, 0.05) is 32.8 Å². The fourth-order valence-electron chi connectivity index (χ4n) is 2.04. The van der Waals surface area contributed by atoms with Crippen molar-refractivity contribution in [1.82, 2.24) is 10.6 Å². The fourth-order valence-corrected chi connectivity index (χ4v) is 2.04. The van der Waals surface area contributed by atoms with Gasteiger partial charge >= 0.3 is 0 Å². The van der Waals surface area contributed by atoms with Crippen molar-refractivity contribution < 1.29 is 4.74 Å². The molecule has 0 saturated carbocycles. The molecule has 0 aliphatic carbocycles. The molecule has 1 aromatic rings. The van der Waals surface area contributed by atoms with E-state index in [9.17, 15) is 0 Å². The second kappa shape index (κ2) is 11.1. The van der Waals surface area contributed by atoms with Crippen molar-refractivity contribution >= 4 is 5.96 Å². The van der Waals surface area contributed by atoms with Crippen LogP contribution in [0.3, 0.4) is 0 Å². The van der Waals surface area contributed by atoms with E-state index in [1.54, 1.807) is 0 Å². The van der Waals surface area contributed by atoms with Crippen LogP contribution >= 0.6 is 0 Å². The third-order valence-corrected chi connectivity index (χ3v) is 3.05. The van der Waals surface area contributed by atoms with Gasteiger partial charge in [-0.15, -0.1) is 0 Å². The van der Waals surface area contributed by atoms with Crippen molar-refractivity contribution in [2.24, 2.45) is 4.99 Å². The van der Waals surface area contributed by atoms with Crippen molar-refractivity contribution in [3.05, 3.63) is 35.4 Å². The number of benzene rings is 1. The van der Waals surface area contributed by atoms with Gasteiger partial charge in [-0.2, -0.15) is 0 Å². The summed E-state index contributed by atoms with van der Waals surface area (Å²) in [4.78, 5) is 4.55. The van der Waals surface area contributed by atoms with Crippen LogP contribution in [0.4, 0.5) is 0 Å². The first-order chi connectivity index (χ1) is 10.3. The van der Waals surface area contributed by atoms with Crippen LogP contribution in [0.5, 0.6) is 0 Å². The fraction of sp³-hybridized carbons (Fsp3) is 0.588. The summed E-state index contributed by atoms with van der Waals surface area (Å²) in [7, 11) is 0. The summed E-state index contributed by atoms with van der Waals surface area (Å²) in [6.45, 7) is 10.3. The third-order valence-electron chi connectivity index (χ3n) is 3.05. The predicted molar refractivity (Wildman–Crippen MR) is 90.0 cm³/mol. The molecule has 1 rings (SSSR count). The first kappa shape index (κ1) is 17.5. The molecule has 4 nitrogen and oxygen atoms in total. The Morgan fingerprint density at radius 3 is 2.81 bits per heavy atom. The molecule has 2 N–H and O–H groups in total. The summed E-state index contributed by atoms with van der Waals surface area (Å²) in [5.41, 5.74) is 2.67. The monoisotopic (exact) mass is 291 g/mol. The van der Waals surface area contributed by atoms with E-state index in [1.165, 1.54) is 11.1 Å². The highest BCUT2D eigenvalue weighted by Gasteiger charge is 1.98. The SMILES string of the molecule is CCNC(=NCCCOCC)NCCc1cccc(C)c1. The number of aliphatic imine (C=N–C) groups is 1. The summed E-state index contributed by atoms with van der Waals surface area (Å²) >= 11 is 0. The van der Waals surface area contributed by atoms with Crippen LogP contribution < -0.4 is 10.6 Å². The Kier molecular flexibility index (Phi) is 9.29. The highest BCUT2D eigenvalue weighted by atomic mass is 16.5. The molecule has 0 bridgehead atoms. The van der Waals surface area contributed by atoms with Gasteiger partial charge in [0.05, 0.1) is 0 Å². The summed E-state index contributed by atoms with van der Waals surface area (Å²) < 4.78 is 5.32. The molecule has 21 heavy (non-hydrogen) atoms. The van der Waals surface area contributed by atoms with Crippen molar-refractivity contribution in [3.63, 3.8) is 0 Å². The first-order valence-corrected chi connectivity index (χ1v) is 7.91. The van der Waals surface area contributed by atoms with Crippen LogP contribution in [-0.2, 0) is 11.2 Å². The van der Waals surface area contributed by atoms with Gasteiger partial charge < -0.3 is 15.4 Å². The molecule has 0 atom stereocenters. The average Bonchev–Trinajstić information content (AvgIpc) is 2.47. The number of hydrogen-bond donors (Lipinski definition) is 2. The highest BCUT2D eigenvalue weighted by Crippen LogP contribution is 2.03. The van der Waals surface area contributed by atoms with E-state index in [0.717, 1.165) is 51.6 Å². The second-order valence-corrected chi connectivity index (χ2v) is 4.98. The minimum atomic E-state index is 0.776. The summed E-state index contributed by atoms with van der Waals surface area (Å²) in [6, 6.07) is 8.63. The Morgan fingerprint density at radius 1 is 1.24 bits per heavy atom. The molecule has 0 heterocycles. The maximum Gasteiger partial charge on any atom is 0.191 e. The molecule has 0 radical (unpaired) electrons. The third kappa shape index (κ3) is 8.35. The Labute approximate surface area is 129 Å². The predicted octanol–water partition coefficient (Wildman–Crippen LogP) is 2.52. The smallest absolute Gasteiger partial charge is 0.191 e. The van der Waals surface area contributed by atoms with Gasteiger partial charge in [-0.3, -0.25) is 4.99 Å². The van der Waals surface area contributed by atoms with Crippen LogP contribution in [0.15, 0.2) is 29.3 Å². The van der Waals surface area contributed by atoms with Crippen LogP contribution in [0.25, 0.3) is 0 Å². The lowest BCUT2D eigenvalue weighted by Gasteiger charge is -2.11. The molecule has 4 heteroatoms. The lowest BCUT2D eigenvalue weighted by Crippen LogP contribution is -2.38. The van der Waals surface area contributed by atoms with Crippen LogP contribution in [0.2, 0.25) is 0 Å². The molecular weight excluding hydrogens is 262 g/mol. The van der Waals surface area contributed by atoms with Gasteiger partial charge in [-0.05, 0) is 39.2 Å². The zero-order valence-corrected chi connectivity index (χ0v) is 13.6. The lowest BCUT2D eigenvalue weighted by molar-refractivity contribution is 0.146. The number of guanidine groups is 1. The molecule has 1 aromatic carbocycles. The Balaban J connectivity index is 2.31. The minimum Gasteiger partial charge on any atom is -0.382 e. The number of nitrogens with zero attached hydrogens (tertiary/aromatic N) is 1. The minimum absolute atomic E-state index is 0.776. The van der Waals surface area contributed by atoms with E-state index < -0.39 is 0 Å². The van der Waals surface area contributed by atoms with Gasteiger partial charge in [0.15, 0.2) is 5.96 Å². The zero-order chi connectivity index (χ0) is 15.3. The molecule has 0 amide bonds. The molecule has 118 valence electrons. The van der Waals surface area contributed by atoms with Gasteiger partial charge in [0.1, 0.15) is 0 Å². The largest absolute Gasteiger partial charge is 0.382 e. The van der Waals surface area contributed by atoms with E-state index in [4.69, 9.17) is 4.74 Å². The van der Waals surface area contributed by atoms with Crippen molar-refractivity contribution in [2.75, 3.05) is 32.8 Å². The normalized spacial score (nSPS) is 11.5. The molecule has 0 unspecified atom stereocenters. The van der Waals surface area contributed by atoms with E-state index in [2.05, 4.69) is 53.7 Å². The number of hydrogen-bond acceptors (Lipinski definition) is 2. The van der Waals surface area contributed by atoms with E-state index >= 15 is 0 Å². The molecule has 0 spiro atoms. The molecule has 0 aliphatic rings. The standard InChI is InChI=1S/C17H29N3O/c1-4-18-17(19-11-7-13-21-5-2)20-12-10-16-9-6-8-15(3)14-16/h6,8-9,14H,4-5,7,10-13H2,1-3H3,(H2,18,19,20). The molecule has 0 fully saturated rings. The van der Waals surface area contributed by atoms with E-state index in [-0.39, 0.29) is 0 Å². The van der Waals surface area contributed by atoms with Gasteiger partial charge in [0.25, 0.3) is 0 Å². The maximum absolute atomic E-state index is 5.32. The van der Waals surface area contributed by atoms with Gasteiger partial charge in [-0.25, -0.2) is 0 Å². The average molecular weight is 291 g/mol. The van der Waals surface area contributed by atoms with E-state index in [1.807, 2.05) is 6.92 Å². The molecule has 0 aliphatic heterocycles. The number of aryl methyl sites for hydroxylation is 1. The maximum atomic E-state index is 5.32. The number of ether oxygens (including phenoxy) is 1.